The van der Waals surface area contributed by atoms with Gasteiger partial charge in [0.15, 0.2) is 0 Å². The number of nitrogens with zero attached hydrogens (tertiary/aromatic N) is 2. The number of carboxylic acid groups (broad SMARTS) is 1. The molecule has 4 rings (SSSR count). The molecule has 0 radical (unpaired) electrons. The molecule has 7 nitrogen and oxygen atoms in total. The molecule has 1 saturated heterocycles. The zero-order valence-electron chi connectivity index (χ0n) is 15.5. The molecule has 0 aliphatic carbocycles. The quantitative estimate of drug-likeness (QED) is 0.678. The summed E-state index contributed by atoms with van der Waals surface area (Å²) in [7, 11) is -3.84. The van der Waals surface area contributed by atoms with Crippen LogP contribution in [0.25, 0.3) is 22.2 Å². The van der Waals surface area contributed by atoms with E-state index in [0.29, 0.717) is 6.07 Å². The van der Waals surface area contributed by atoms with Crippen LogP contribution >= 0.6 is 0 Å². The fourth-order valence-electron chi connectivity index (χ4n) is 3.31. The Morgan fingerprint density at radius 2 is 1.80 bits per heavy atom. The molecule has 0 saturated carbocycles. The zero-order valence-corrected chi connectivity index (χ0v) is 16.3. The van der Waals surface area contributed by atoms with Crippen molar-refractivity contribution in [3.05, 3.63) is 59.7 Å². The number of ether oxygens (including phenoxy) is 1. The Morgan fingerprint density at radius 1 is 1.07 bits per heavy atom. The van der Waals surface area contributed by atoms with E-state index < -0.39 is 27.6 Å². The zero-order chi connectivity index (χ0) is 21.5. The predicted octanol–water partition coefficient (Wildman–Crippen LogP) is 2.90. The third kappa shape index (κ3) is 3.64. The van der Waals surface area contributed by atoms with Crippen molar-refractivity contribution >= 4 is 26.9 Å². The third-order valence-corrected chi connectivity index (χ3v) is 6.72. The lowest BCUT2D eigenvalue weighted by molar-refractivity contribution is 0.0699. The molecule has 10 heteroatoms. The van der Waals surface area contributed by atoms with E-state index in [1.54, 1.807) is 0 Å². The van der Waals surface area contributed by atoms with Crippen LogP contribution in [0.5, 0.6) is 0 Å². The van der Waals surface area contributed by atoms with E-state index in [1.807, 2.05) is 0 Å². The largest absolute Gasteiger partial charge is 0.478 e. The summed E-state index contributed by atoms with van der Waals surface area (Å²) in [5, 5.41) is 9.75. The minimum absolute atomic E-state index is 0.00110. The van der Waals surface area contributed by atoms with Crippen LogP contribution in [0.1, 0.15) is 10.4 Å². The number of carboxylic acids is 1. The first-order valence-corrected chi connectivity index (χ1v) is 10.4. The lowest BCUT2D eigenvalue weighted by Crippen LogP contribution is -2.40. The van der Waals surface area contributed by atoms with Crippen LogP contribution in [0, 0.1) is 11.6 Å². The highest BCUT2D eigenvalue weighted by atomic mass is 32.2. The average molecular weight is 434 g/mol. The number of hydrogen-bond acceptors (Lipinski definition) is 5. The van der Waals surface area contributed by atoms with Gasteiger partial charge in [0.1, 0.15) is 11.6 Å². The summed E-state index contributed by atoms with van der Waals surface area (Å²) in [6.45, 7) is 0.961. The highest BCUT2D eigenvalue weighted by Crippen LogP contribution is 2.29. The second-order valence-corrected chi connectivity index (χ2v) is 8.62. The van der Waals surface area contributed by atoms with Crippen LogP contribution in [0.4, 0.5) is 8.78 Å². The summed E-state index contributed by atoms with van der Waals surface area (Å²) in [5.41, 5.74) is -0.126. The topological polar surface area (TPSA) is 96.8 Å². The molecule has 2 heterocycles. The van der Waals surface area contributed by atoms with Crippen molar-refractivity contribution < 1.29 is 31.8 Å². The standard InChI is InChI=1S/C20H16F2N2O5S/c21-12-1-3-14(17(22)9-12)19-11-16(20(25)26)15-10-13(2-4-18(15)23-19)30(27,28)24-5-7-29-8-6-24/h1-4,9-11H,5-8H2,(H,25,26). The van der Waals surface area contributed by atoms with Crippen molar-refractivity contribution in [2.45, 2.75) is 4.90 Å². The highest BCUT2D eigenvalue weighted by Gasteiger charge is 2.27. The molecule has 2 aromatic carbocycles. The van der Waals surface area contributed by atoms with Crippen molar-refractivity contribution in [2.24, 2.45) is 0 Å². The summed E-state index contributed by atoms with van der Waals surface area (Å²) in [5.74, 6) is -2.98. The maximum Gasteiger partial charge on any atom is 0.336 e. The van der Waals surface area contributed by atoms with Gasteiger partial charge < -0.3 is 9.84 Å². The van der Waals surface area contributed by atoms with Crippen molar-refractivity contribution in [1.29, 1.82) is 0 Å². The number of aromatic nitrogens is 1. The van der Waals surface area contributed by atoms with Crippen LogP contribution in [0.2, 0.25) is 0 Å². The number of rotatable bonds is 4. The van der Waals surface area contributed by atoms with Gasteiger partial charge in [-0.3, -0.25) is 0 Å². The maximum atomic E-state index is 14.2. The Bertz CT molecular complexity index is 1260. The molecule has 0 atom stereocenters. The molecule has 0 bridgehead atoms. The van der Waals surface area contributed by atoms with E-state index in [1.165, 1.54) is 28.6 Å². The summed E-state index contributed by atoms with van der Waals surface area (Å²) >= 11 is 0. The number of fused-ring (bicyclic) bond motifs is 1. The Labute approximate surface area is 170 Å². The fourth-order valence-corrected chi connectivity index (χ4v) is 4.75. The van der Waals surface area contributed by atoms with Gasteiger partial charge in [-0.2, -0.15) is 4.31 Å². The Balaban J connectivity index is 1.86. The van der Waals surface area contributed by atoms with Gasteiger partial charge in [-0.15, -0.1) is 0 Å². The second-order valence-electron chi connectivity index (χ2n) is 6.68. The summed E-state index contributed by atoms with van der Waals surface area (Å²) in [6.07, 6.45) is 0. The van der Waals surface area contributed by atoms with Crippen molar-refractivity contribution in [3.8, 4) is 11.3 Å². The third-order valence-electron chi connectivity index (χ3n) is 4.83. The molecule has 1 aliphatic heterocycles. The van der Waals surface area contributed by atoms with Gasteiger partial charge in [0, 0.05) is 30.1 Å². The number of aromatic carboxylic acids is 1. The second kappa shape index (κ2) is 7.71. The van der Waals surface area contributed by atoms with Crippen LogP contribution in [-0.4, -0.2) is 55.1 Å². The van der Waals surface area contributed by atoms with Crippen LogP contribution in [0.15, 0.2) is 47.4 Å². The van der Waals surface area contributed by atoms with E-state index in [4.69, 9.17) is 4.74 Å². The maximum absolute atomic E-state index is 14.2. The average Bonchev–Trinajstić information content (AvgIpc) is 2.73. The molecule has 156 valence electrons. The molecule has 0 spiro atoms. The van der Waals surface area contributed by atoms with Crippen LogP contribution < -0.4 is 0 Å². The number of benzene rings is 2. The molecule has 1 fully saturated rings. The number of carbonyl (C=O) groups is 1. The molecule has 3 aromatic rings. The molecule has 1 aromatic heterocycles. The molecule has 1 N–H and O–H groups in total. The normalized spacial score (nSPS) is 15.4. The number of hydrogen-bond donors (Lipinski definition) is 1. The molecular formula is C20H16F2N2O5S. The lowest BCUT2D eigenvalue weighted by Gasteiger charge is -2.26. The summed E-state index contributed by atoms with van der Waals surface area (Å²) < 4.78 is 59.6. The minimum atomic E-state index is -3.84. The van der Waals surface area contributed by atoms with Gasteiger partial charge in [-0.05, 0) is 36.4 Å². The smallest absolute Gasteiger partial charge is 0.336 e. The van der Waals surface area contributed by atoms with Gasteiger partial charge in [-0.25, -0.2) is 27.0 Å². The van der Waals surface area contributed by atoms with Gasteiger partial charge >= 0.3 is 5.97 Å². The Kier molecular flexibility index (Phi) is 5.22. The van der Waals surface area contributed by atoms with Crippen LogP contribution in [-0.2, 0) is 14.8 Å². The van der Waals surface area contributed by atoms with Gasteiger partial charge in [0.05, 0.1) is 34.9 Å². The fraction of sp³-hybridized carbons (Fsp3) is 0.200. The number of sulfonamides is 1. The summed E-state index contributed by atoms with van der Waals surface area (Å²) in [4.78, 5) is 16.0. The highest BCUT2D eigenvalue weighted by molar-refractivity contribution is 7.89. The Hall–Kier alpha value is -2.95. The van der Waals surface area contributed by atoms with Crippen molar-refractivity contribution in [2.75, 3.05) is 26.3 Å². The van der Waals surface area contributed by atoms with Crippen molar-refractivity contribution in [1.82, 2.24) is 9.29 Å². The number of halogens is 2. The number of pyridine rings is 1. The first-order valence-electron chi connectivity index (χ1n) is 8.99. The minimum Gasteiger partial charge on any atom is -0.478 e. The SMILES string of the molecule is O=C(O)c1cc(-c2ccc(F)cc2F)nc2ccc(S(=O)(=O)N3CCOCC3)cc12. The van der Waals surface area contributed by atoms with E-state index in [0.717, 1.165) is 12.1 Å². The number of morpholine rings is 1. The molecule has 30 heavy (non-hydrogen) atoms. The summed E-state index contributed by atoms with van der Waals surface area (Å²) in [6, 6.07) is 7.99. The molecular weight excluding hydrogens is 418 g/mol. The van der Waals surface area contributed by atoms with E-state index in [-0.39, 0.29) is 58.9 Å². The lowest BCUT2D eigenvalue weighted by atomic mass is 10.0. The van der Waals surface area contributed by atoms with E-state index in [9.17, 15) is 27.1 Å². The van der Waals surface area contributed by atoms with Gasteiger partial charge in [-0.1, -0.05) is 0 Å². The monoisotopic (exact) mass is 434 g/mol. The Morgan fingerprint density at radius 3 is 2.47 bits per heavy atom. The van der Waals surface area contributed by atoms with E-state index >= 15 is 0 Å². The molecule has 1 aliphatic rings. The van der Waals surface area contributed by atoms with Crippen LogP contribution in [0.3, 0.4) is 0 Å². The molecule has 0 unspecified atom stereocenters. The van der Waals surface area contributed by atoms with Crippen molar-refractivity contribution in [3.63, 3.8) is 0 Å². The predicted molar refractivity (Wildman–Crippen MR) is 104 cm³/mol. The molecule has 0 amide bonds. The first kappa shape index (κ1) is 20.3. The first-order chi connectivity index (χ1) is 14.3. The van der Waals surface area contributed by atoms with E-state index in [2.05, 4.69) is 4.98 Å². The van der Waals surface area contributed by atoms with Gasteiger partial charge in [0.2, 0.25) is 10.0 Å². The van der Waals surface area contributed by atoms with Gasteiger partial charge in [0.25, 0.3) is 0 Å².